The highest BCUT2D eigenvalue weighted by Gasteiger charge is 2.14. The van der Waals surface area contributed by atoms with Gasteiger partial charge in [-0.1, -0.05) is 41.4 Å². The molecule has 0 fully saturated rings. The maximum Gasteiger partial charge on any atom is 0.175 e. The number of sulfone groups is 1. The van der Waals surface area contributed by atoms with Gasteiger partial charge in [-0.25, -0.2) is 8.42 Å². The lowest BCUT2D eigenvalue weighted by Crippen LogP contribution is -2.12. The molecule has 0 aromatic heterocycles. The summed E-state index contributed by atoms with van der Waals surface area (Å²) in [6, 6.07) is 11.1. The molecule has 0 spiro atoms. The molecule has 2 N–H and O–H groups in total. The number of rotatable bonds is 3. The van der Waals surface area contributed by atoms with E-state index < -0.39 is 15.9 Å². The molecule has 2 rings (SSSR count). The summed E-state index contributed by atoms with van der Waals surface area (Å²) in [7, 11) is -3.21. The molecule has 0 aliphatic heterocycles. The molecule has 3 nitrogen and oxygen atoms in total. The Hall–Kier alpha value is -1.07. The fourth-order valence-electron chi connectivity index (χ4n) is 1.86. The summed E-state index contributed by atoms with van der Waals surface area (Å²) >= 11 is 12.0. The summed E-state index contributed by atoms with van der Waals surface area (Å²) in [6.07, 6.45) is 1.16. The molecule has 0 heterocycles. The van der Waals surface area contributed by atoms with E-state index in [0.717, 1.165) is 17.4 Å². The number of hydrogen-bond acceptors (Lipinski definition) is 3. The summed E-state index contributed by atoms with van der Waals surface area (Å²) in [5.74, 6) is 0. The van der Waals surface area contributed by atoms with Crippen LogP contribution in [0, 0.1) is 0 Å². The van der Waals surface area contributed by atoms with Crippen molar-refractivity contribution in [2.75, 3.05) is 6.26 Å². The molecule has 0 amide bonds. The molecule has 0 radical (unpaired) electrons. The van der Waals surface area contributed by atoms with E-state index in [1.54, 1.807) is 30.3 Å². The van der Waals surface area contributed by atoms with Gasteiger partial charge in [-0.15, -0.1) is 0 Å². The molecule has 0 aliphatic carbocycles. The van der Waals surface area contributed by atoms with Crippen LogP contribution in [0.1, 0.15) is 17.2 Å². The number of hydrogen-bond donors (Lipinski definition) is 1. The van der Waals surface area contributed by atoms with Gasteiger partial charge < -0.3 is 5.73 Å². The van der Waals surface area contributed by atoms with Crippen molar-refractivity contribution >= 4 is 33.0 Å². The minimum Gasteiger partial charge on any atom is -0.320 e. The molecule has 2 aromatic carbocycles. The minimum atomic E-state index is -3.21. The molecular weight excluding hydrogens is 317 g/mol. The smallest absolute Gasteiger partial charge is 0.175 e. The van der Waals surface area contributed by atoms with Crippen molar-refractivity contribution in [2.24, 2.45) is 5.73 Å². The molecule has 0 aliphatic rings. The standard InChI is InChI=1S/C14H13Cl2NO2S/c1-20(18,19)11-5-2-9(3-6-11)14(17)12-7-4-10(15)8-13(12)16/h2-8,14H,17H2,1H3. The van der Waals surface area contributed by atoms with Crippen molar-refractivity contribution in [3.63, 3.8) is 0 Å². The SMILES string of the molecule is CS(=O)(=O)c1ccc(C(N)c2ccc(Cl)cc2Cl)cc1. The van der Waals surface area contributed by atoms with Crippen molar-refractivity contribution in [1.29, 1.82) is 0 Å². The lowest BCUT2D eigenvalue weighted by Gasteiger charge is -2.14. The van der Waals surface area contributed by atoms with E-state index in [-0.39, 0.29) is 4.90 Å². The molecule has 2 aromatic rings. The van der Waals surface area contributed by atoms with Gasteiger partial charge in [-0.05, 0) is 35.4 Å². The average molecular weight is 330 g/mol. The summed E-state index contributed by atoms with van der Waals surface area (Å²) in [4.78, 5) is 0.260. The Bertz CT molecular complexity index is 727. The van der Waals surface area contributed by atoms with E-state index in [1.807, 2.05) is 0 Å². The van der Waals surface area contributed by atoms with Crippen molar-refractivity contribution in [3.05, 3.63) is 63.6 Å². The Morgan fingerprint density at radius 3 is 2.15 bits per heavy atom. The Balaban J connectivity index is 2.36. The maximum atomic E-state index is 11.4. The van der Waals surface area contributed by atoms with Crippen molar-refractivity contribution in [2.45, 2.75) is 10.9 Å². The molecule has 0 saturated heterocycles. The summed E-state index contributed by atoms with van der Waals surface area (Å²) < 4.78 is 22.8. The second-order valence-corrected chi connectivity index (χ2v) is 7.34. The fraction of sp³-hybridized carbons (Fsp3) is 0.143. The molecule has 0 bridgehead atoms. The Morgan fingerprint density at radius 2 is 1.65 bits per heavy atom. The first-order valence-electron chi connectivity index (χ1n) is 5.79. The van der Waals surface area contributed by atoms with E-state index in [4.69, 9.17) is 28.9 Å². The molecule has 106 valence electrons. The Labute approximate surface area is 128 Å². The predicted octanol–water partition coefficient (Wildman–Crippen LogP) is 3.45. The van der Waals surface area contributed by atoms with E-state index >= 15 is 0 Å². The van der Waals surface area contributed by atoms with Crippen LogP contribution in [0.2, 0.25) is 10.0 Å². The van der Waals surface area contributed by atoms with Crippen LogP contribution in [0.25, 0.3) is 0 Å². The van der Waals surface area contributed by atoms with Gasteiger partial charge in [0.25, 0.3) is 0 Å². The van der Waals surface area contributed by atoms with Crippen molar-refractivity contribution < 1.29 is 8.42 Å². The highest BCUT2D eigenvalue weighted by Crippen LogP contribution is 2.29. The van der Waals surface area contributed by atoms with Gasteiger partial charge in [0.15, 0.2) is 9.84 Å². The fourth-order valence-corrected chi connectivity index (χ4v) is 3.01. The quantitative estimate of drug-likeness (QED) is 0.938. The van der Waals surface area contributed by atoms with Crippen LogP contribution in [0.15, 0.2) is 47.4 Å². The predicted molar refractivity (Wildman–Crippen MR) is 82.0 cm³/mol. The zero-order valence-corrected chi connectivity index (χ0v) is 13.0. The second-order valence-electron chi connectivity index (χ2n) is 4.48. The van der Waals surface area contributed by atoms with Crippen LogP contribution in [0.5, 0.6) is 0 Å². The minimum absolute atomic E-state index is 0.260. The Morgan fingerprint density at radius 1 is 1.05 bits per heavy atom. The first-order chi connectivity index (χ1) is 9.29. The van der Waals surface area contributed by atoms with Gasteiger partial charge in [0, 0.05) is 16.3 Å². The molecule has 20 heavy (non-hydrogen) atoms. The van der Waals surface area contributed by atoms with E-state index in [2.05, 4.69) is 0 Å². The van der Waals surface area contributed by atoms with Gasteiger partial charge in [0.1, 0.15) is 0 Å². The zero-order chi connectivity index (χ0) is 14.9. The van der Waals surface area contributed by atoms with Gasteiger partial charge in [0.05, 0.1) is 10.9 Å². The van der Waals surface area contributed by atoms with Crippen molar-refractivity contribution in [3.8, 4) is 0 Å². The van der Waals surface area contributed by atoms with Crippen LogP contribution in [-0.4, -0.2) is 14.7 Å². The first-order valence-corrected chi connectivity index (χ1v) is 8.44. The third-order valence-electron chi connectivity index (χ3n) is 2.96. The van der Waals surface area contributed by atoms with Gasteiger partial charge in [-0.3, -0.25) is 0 Å². The Kier molecular flexibility index (Phi) is 4.39. The third-order valence-corrected chi connectivity index (χ3v) is 4.66. The van der Waals surface area contributed by atoms with Crippen LogP contribution in [0.4, 0.5) is 0 Å². The van der Waals surface area contributed by atoms with Crippen LogP contribution in [0.3, 0.4) is 0 Å². The molecule has 1 unspecified atom stereocenters. The summed E-state index contributed by atoms with van der Waals surface area (Å²) in [6.45, 7) is 0. The second kappa shape index (κ2) is 5.74. The topological polar surface area (TPSA) is 60.2 Å². The first kappa shape index (κ1) is 15.3. The van der Waals surface area contributed by atoms with Gasteiger partial charge >= 0.3 is 0 Å². The molecule has 6 heteroatoms. The van der Waals surface area contributed by atoms with Gasteiger partial charge in [-0.2, -0.15) is 0 Å². The third kappa shape index (κ3) is 3.33. The monoisotopic (exact) mass is 329 g/mol. The van der Waals surface area contributed by atoms with Crippen molar-refractivity contribution in [1.82, 2.24) is 0 Å². The van der Waals surface area contributed by atoms with Gasteiger partial charge in [0.2, 0.25) is 0 Å². The molecule has 1 atom stereocenters. The lowest BCUT2D eigenvalue weighted by molar-refractivity contribution is 0.602. The average Bonchev–Trinajstić information content (AvgIpc) is 2.37. The van der Waals surface area contributed by atoms with Crippen LogP contribution < -0.4 is 5.73 Å². The highest BCUT2D eigenvalue weighted by atomic mass is 35.5. The summed E-state index contributed by atoms with van der Waals surface area (Å²) in [5, 5.41) is 1.02. The van der Waals surface area contributed by atoms with Crippen LogP contribution >= 0.6 is 23.2 Å². The van der Waals surface area contributed by atoms with Crippen LogP contribution in [-0.2, 0) is 9.84 Å². The summed E-state index contributed by atoms with van der Waals surface area (Å²) in [5.41, 5.74) is 7.67. The van der Waals surface area contributed by atoms with E-state index in [9.17, 15) is 8.42 Å². The largest absolute Gasteiger partial charge is 0.320 e. The van der Waals surface area contributed by atoms with E-state index in [0.29, 0.717) is 10.0 Å². The zero-order valence-electron chi connectivity index (χ0n) is 10.7. The number of nitrogens with two attached hydrogens (primary N) is 1. The number of benzene rings is 2. The van der Waals surface area contributed by atoms with E-state index in [1.165, 1.54) is 12.1 Å². The lowest BCUT2D eigenvalue weighted by atomic mass is 10.00. The number of halogens is 2. The maximum absolute atomic E-state index is 11.4. The molecular formula is C14H13Cl2NO2S. The molecule has 0 saturated carbocycles. The highest BCUT2D eigenvalue weighted by molar-refractivity contribution is 7.90. The normalized spacial score (nSPS) is 13.2.